The van der Waals surface area contributed by atoms with Crippen molar-refractivity contribution in [2.45, 2.75) is 6.92 Å². The van der Waals surface area contributed by atoms with E-state index in [9.17, 15) is 4.79 Å². The number of nitrogens with zero attached hydrogens (tertiary/aromatic N) is 5. The lowest BCUT2D eigenvalue weighted by molar-refractivity contribution is 0.112. The minimum Gasteiger partial charge on any atom is -0.298 e. The van der Waals surface area contributed by atoms with Crippen LogP contribution in [0.3, 0.4) is 0 Å². The van der Waals surface area contributed by atoms with Gasteiger partial charge in [0, 0.05) is 7.05 Å². The quantitative estimate of drug-likeness (QED) is 0.634. The monoisotopic (exact) mass is 241 g/mol. The van der Waals surface area contributed by atoms with Gasteiger partial charge in [0.15, 0.2) is 12.1 Å². The highest BCUT2D eigenvalue weighted by molar-refractivity contribution is 5.84. The molecule has 0 N–H and O–H groups in total. The summed E-state index contributed by atoms with van der Waals surface area (Å²) in [7, 11) is 1.78. The lowest BCUT2D eigenvalue weighted by Crippen LogP contribution is -2.06. The maximum absolute atomic E-state index is 11.2. The van der Waals surface area contributed by atoms with Gasteiger partial charge >= 0.3 is 0 Å². The summed E-state index contributed by atoms with van der Waals surface area (Å²) in [5.74, 6) is 0.635. The molecule has 0 bridgehead atoms. The van der Waals surface area contributed by atoms with Crippen LogP contribution in [0, 0.1) is 6.92 Å². The molecule has 90 valence electrons. The van der Waals surface area contributed by atoms with E-state index in [2.05, 4.69) is 15.4 Å². The number of aromatic nitrogens is 5. The van der Waals surface area contributed by atoms with Crippen molar-refractivity contribution in [1.29, 1.82) is 0 Å². The van der Waals surface area contributed by atoms with Crippen LogP contribution in [0.4, 0.5) is 0 Å². The summed E-state index contributed by atoms with van der Waals surface area (Å²) in [5, 5.41) is 12.4. The number of carbonyl (C=O) groups is 1. The number of carbonyl (C=O) groups excluding carboxylic acids is 1. The Hall–Kier alpha value is -2.50. The summed E-state index contributed by atoms with van der Waals surface area (Å²) in [6.45, 7) is 1.80. The van der Waals surface area contributed by atoms with Gasteiger partial charge in [0.05, 0.1) is 16.8 Å². The van der Waals surface area contributed by atoms with Crippen molar-refractivity contribution in [1.82, 2.24) is 24.8 Å². The second-order valence-electron chi connectivity index (χ2n) is 4.05. The van der Waals surface area contributed by atoms with Gasteiger partial charge in [-0.3, -0.25) is 4.79 Å². The minimum absolute atomic E-state index is 0.535. The van der Waals surface area contributed by atoms with E-state index in [-0.39, 0.29) is 0 Å². The van der Waals surface area contributed by atoms with Gasteiger partial charge in [-0.1, -0.05) is 17.3 Å². The number of aldehydes is 1. The predicted molar refractivity (Wildman–Crippen MR) is 65.8 cm³/mol. The molecule has 0 radical (unpaired) electrons. The summed E-state index contributed by atoms with van der Waals surface area (Å²) < 4.78 is 3.28. The largest absolute Gasteiger partial charge is 0.298 e. The van der Waals surface area contributed by atoms with Gasteiger partial charge in [0.2, 0.25) is 0 Å². The van der Waals surface area contributed by atoms with Gasteiger partial charge in [-0.25, -0.2) is 4.68 Å². The molecule has 0 atom stereocenters. The van der Waals surface area contributed by atoms with Gasteiger partial charge in [-0.2, -0.15) is 9.78 Å². The molecule has 0 fully saturated rings. The number of fused-ring (bicyclic) bond motifs is 1. The van der Waals surface area contributed by atoms with Crippen LogP contribution in [0.1, 0.15) is 16.1 Å². The summed E-state index contributed by atoms with van der Waals surface area (Å²) in [4.78, 5) is 11.2. The fourth-order valence-corrected chi connectivity index (χ4v) is 2.08. The third-order valence-electron chi connectivity index (χ3n) is 2.91. The third-order valence-corrected chi connectivity index (χ3v) is 2.91. The number of aryl methyl sites for hydroxylation is 2. The zero-order valence-corrected chi connectivity index (χ0v) is 10.0. The van der Waals surface area contributed by atoms with E-state index in [1.165, 1.54) is 0 Å². The topological polar surface area (TPSA) is 65.6 Å². The van der Waals surface area contributed by atoms with Gasteiger partial charge in [0.1, 0.15) is 5.52 Å². The second kappa shape index (κ2) is 3.76. The van der Waals surface area contributed by atoms with Crippen molar-refractivity contribution >= 4 is 17.3 Å². The number of hydrogen-bond donors (Lipinski definition) is 0. The third kappa shape index (κ3) is 1.35. The molecule has 0 aliphatic carbocycles. The van der Waals surface area contributed by atoms with E-state index >= 15 is 0 Å². The summed E-state index contributed by atoms with van der Waals surface area (Å²) >= 11 is 0. The van der Waals surface area contributed by atoms with Crippen LogP contribution in [-0.2, 0) is 7.05 Å². The maximum Gasteiger partial charge on any atom is 0.165 e. The fourth-order valence-electron chi connectivity index (χ4n) is 2.08. The Morgan fingerprint density at radius 2 is 2.06 bits per heavy atom. The fraction of sp³-hybridized carbons (Fsp3) is 0.167. The Bertz CT molecular complexity index is 740. The standard InChI is InChI=1S/C12H11N5O/c1-8-9(7-18)12(16(2)14-8)17-11-6-4-3-5-10(11)13-15-17/h3-7H,1-2H3. The second-order valence-corrected chi connectivity index (χ2v) is 4.05. The molecule has 0 saturated heterocycles. The zero-order chi connectivity index (χ0) is 12.7. The van der Waals surface area contributed by atoms with Crippen LogP contribution >= 0.6 is 0 Å². The van der Waals surface area contributed by atoms with E-state index in [1.807, 2.05) is 24.3 Å². The first-order chi connectivity index (χ1) is 8.72. The van der Waals surface area contributed by atoms with E-state index in [1.54, 1.807) is 23.3 Å². The average molecular weight is 241 g/mol. The van der Waals surface area contributed by atoms with Crippen molar-refractivity contribution in [3.8, 4) is 5.82 Å². The first-order valence-corrected chi connectivity index (χ1v) is 5.52. The van der Waals surface area contributed by atoms with E-state index in [0.29, 0.717) is 17.1 Å². The van der Waals surface area contributed by atoms with E-state index < -0.39 is 0 Å². The normalized spacial score (nSPS) is 11.0. The predicted octanol–water partition coefficient (Wildman–Crippen LogP) is 1.27. The summed E-state index contributed by atoms with van der Waals surface area (Å²) in [6, 6.07) is 7.59. The molecule has 0 saturated carbocycles. The summed E-state index contributed by atoms with van der Waals surface area (Å²) in [5.41, 5.74) is 2.85. The lowest BCUT2D eigenvalue weighted by atomic mass is 10.2. The Kier molecular flexibility index (Phi) is 2.22. The van der Waals surface area contributed by atoms with Crippen molar-refractivity contribution in [3.63, 3.8) is 0 Å². The Labute approximate surface area is 103 Å². The molecular formula is C12H11N5O. The van der Waals surface area contributed by atoms with Gasteiger partial charge in [-0.05, 0) is 19.1 Å². The SMILES string of the molecule is Cc1nn(C)c(-n2nnc3ccccc32)c1C=O. The molecule has 2 aromatic heterocycles. The van der Waals surface area contributed by atoms with Crippen molar-refractivity contribution < 1.29 is 4.79 Å². The number of para-hydroxylation sites is 1. The Morgan fingerprint density at radius 3 is 2.83 bits per heavy atom. The highest BCUT2D eigenvalue weighted by Crippen LogP contribution is 2.19. The van der Waals surface area contributed by atoms with Crippen LogP contribution in [-0.4, -0.2) is 31.1 Å². The number of rotatable bonds is 2. The van der Waals surface area contributed by atoms with Crippen LogP contribution in [0.25, 0.3) is 16.9 Å². The maximum atomic E-state index is 11.2. The van der Waals surface area contributed by atoms with Crippen LogP contribution < -0.4 is 0 Å². The number of hydrogen-bond acceptors (Lipinski definition) is 4. The molecule has 6 heteroatoms. The highest BCUT2D eigenvalue weighted by Gasteiger charge is 2.17. The minimum atomic E-state index is 0.535. The molecule has 0 aliphatic heterocycles. The molecule has 3 aromatic rings. The zero-order valence-electron chi connectivity index (χ0n) is 10.0. The molecule has 18 heavy (non-hydrogen) atoms. The van der Waals surface area contributed by atoms with Crippen LogP contribution in [0.15, 0.2) is 24.3 Å². The first kappa shape index (κ1) is 10.6. The molecule has 0 amide bonds. The number of benzene rings is 1. The van der Waals surface area contributed by atoms with Crippen molar-refractivity contribution in [2.24, 2.45) is 7.05 Å². The Balaban J connectivity index is 2.36. The van der Waals surface area contributed by atoms with Crippen molar-refractivity contribution in [3.05, 3.63) is 35.5 Å². The smallest absolute Gasteiger partial charge is 0.165 e. The van der Waals surface area contributed by atoms with Gasteiger partial charge in [-0.15, -0.1) is 5.10 Å². The molecule has 2 heterocycles. The molecule has 1 aromatic carbocycles. The first-order valence-electron chi connectivity index (χ1n) is 5.52. The summed E-state index contributed by atoms with van der Waals surface area (Å²) in [6.07, 6.45) is 0.800. The molecule has 0 spiro atoms. The molecule has 0 aliphatic rings. The van der Waals surface area contributed by atoms with Gasteiger partial charge < -0.3 is 0 Å². The lowest BCUT2D eigenvalue weighted by Gasteiger charge is -2.03. The molecule has 3 rings (SSSR count). The molecule has 6 nitrogen and oxygen atoms in total. The van der Waals surface area contributed by atoms with Crippen molar-refractivity contribution in [2.75, 3.05) is 0 Å². The van der Waals surface area contributed by atoms with E-state index in [4.69, 9.17) is 0 Å². The van der Waals surface area contributed by atoms with Crippen LogP contribution in [0.5, 0.6) is 0 Å². The Morgan fingerprint density at radius 1 is 1.28 bits per heavy atom. The molecule has 0 unspecified atom stereocenters. The average Bonchev–Trinajstić information content (AvgIpc) is 2.89. The molecular weight excluding hydrogens is 230 g/mol. The van der Waals surface area contributed by atoms with Gasteiger partial charge in [0.25, 0.3) is 0 Å². The van der Waals surface area contributed by atoms with Crippen LogP contribution in [0.2, 0.25) is 0 Å². The highest BCUT2D eigenvalue weighted by atomic mass is 16.1. The van der Waals surface area contributed by atoms with E-state index in [0.717, 1.165) is 17.3 Å².